The van der Waals surface area contributed by atoms with Gasteiger partial charge in [-0.1, -0.05) is 26.7 Å². The highest BCUT2D eigenvalue weighted by molar-refractivity contribution is 4.61. The van der Waals surface area contributed by atoms with E-state index >= 15 is 0 Å². The Morgan fingerprint density at radius 3 is 2.23 bits per heavy atom. The van der Waals surface area contributed by atoms with Crippen molar-refractivity contribution in [3.63, 3.8) is 0 Å². The quantitative estimate of drug-likeness (QED) is 0.633. The SMILES string of the molecule is COCCC(CCN)CCC(C)C. The molecule has 1 unspecified atom stereocenters. The van der Waals surface area contributed by atoms with Crippen molar-refractivity contribution >= 4 is 0 Å². The Bertz CT molecular complexity index is 104. The molecule has 13 heavy (non-hydrogen) atoms. The maximum absolute atomic E-state index is 5.57. The minimum Gasteiger partial charge on any atom is -0.385 e. The van der Waals surface area contributed by atoms with E-state index in [4.69, 9.17) is 10.5 Å². The molecule has 1 atom stereocenters. The zero-order valence-electron chi connectivity index (χ0n) is 9.38. The van der Waals surface area contributed by atoms with Crippen LogP contribution in [-0.2, 0) is 4.74 Å². The van der Waals surface area contributed by atoms with Gasteiger partial charge in [0, 0.05) is 13.7 Å². The molecule has 0 fully saturated rings. The van der Waals surface area contributed by atoms with Crippen LogP contribution in [0.3, 0.4) is 0 Å². The monoisotopic (exact) mass is 187 g/mol. The second-order valence-electron chi connectivity index (χ2n) is 4.20. The van der Waals surface area contributed by atoms with Crippen LogP contribution < -0.4 is 5.73 Å². The Morgan fingerprint density at radius 1 is 1.08 bits per heavy atom. The van der Waals surface area contributed by atoms with E-state index in [-0.39, 0.29) is 0 Å². The lowest BCUT2D eigenvalue weighted by atomic mass is 9.93. The molecule has 0 amide bonds. The summed E-state index contributed by atoms with van der Waals surface area (Å²) < 4.78 is 5.08. The summed E-state index contributed by atoms with van der Waals surface area (Å²) >= 11 is 0. The molecule has 0 bridgehead atoms. The van der Waals surface area contributed by atoms with Crippen LogP contribution in [0.1, 0.15) is 39.5 Å². The first-order valence-electron chi connectivity index (χ1n) is 5.39. The fourth-order valence-electron chi connectivity index (χ4n) is 1.52. The third-order valence-electron chi connectivity index (χ3n) is 2.46. The second kappa shape index (κ2) is 8.52. The second-order valence-corrected chi connectivity index (χ2v) is 4.20. The summed E-state index contributed by atoms with van der Waals surface area (Å²) in [4.78, 5) is 0. The highest BCUT2D eigenvalue weighted by Crippen LogP contribution is 2.18. The molecule has 0 saturated heterocycles. The van der Waals surface area contributed by atoms with Gasteiger partial charge in [0.15, 0.2) is 0 Å². The summed E-state index contributed by atoms with van der Waals surface area (Å²) in [7, 11) is 1.77. The van der Waals surface area contributed by atoms with Crippen LogP contribution in [0.4, 0.5) is 0 Å². The number of methoxy groups -OCH3 is 1. The van der Waals surface area contributed by atoms with E-state index < -0.39 is 0 Å². The van der Waals surface area contributed by atoms with Crippen molar-refractivity contribution in [2.45, 2.75) is 39.5 Å². The van der Waals surface area contributed by atoms with Crippen LogP contribution >= 0.6 is 0 Å². The van der Waals surface area contributed by atoms with E-state index in [1.165, 1.54) is 19.3 Å². The molecule has 0 aromatic heterocycles. The van der Waals surface area contributed by atoms with Crippen molar-refractivity contribution in [3.8, 4) is 0 Å². The smallest absolute Gasteiger partial charge is 0.0464 e. The van der Waals surface area contributed by atoms with Crippen molar-refractivity contribution in [1.82, 2.24) is 0 Å². The summed E-state index contributed by atoms with van der Waals surface area (Å²) in [5.41, 5.74) is 5.57. The maximum atomic E-state index is 5.57. The van der Waals surface area contributed by atoms with Gasteiger partial charge in [-0.05, 0) is 31.2 Å². The lowest BCUT2D eigenvalue weighted by molar-refractivity contribution is 0.171. The fraction of sp³-hybridized carbons (Fsp3) is 1.00. The Kier molecular flexibility index (Phi) is 8.46. The van der Waals surface area contributed by atoms with Gasteiger partial charge in [0.05, 0.1) is 0 Å². The summed E-state index contributed by atoms with van der Waals surface area (Å²) in [5, 5.41) is 0. The Balaban J connectivity index is 3.53. The molecule has 0 aromatic rings. The molecule has 0 heterocycles. The van der Waals surface area contributed by atoms with Gasteiger partial charge in [0.1, 0.15) is 0 Å². The van der Waals surface area contributed by atoms with Crippen molar-refractivity contribution in [2.75, 3.05) is 20.3 Å². The molecule has 2 N–H and O–H groups in total. The molecule has 0 spiro atoms. The third-order valence-corrected chi connectivity index (χ3v) is 2.46. The van der Waals surface area contributed by atoms with Gasteiger partial charge in [-0.3, -0.25) is 0 Å². The van der Waals surface area contributed by atoms with Crippen molar-refractivity contribution in [2.24, 2.45) is 17.6 Å². The normalized spacial score (nSPS) is 13.6. The van der Waals surface area contributed by atoms with Crippen LogP contribution in [0, 0.1) is 11.8 Å². The van der Waals surface area contributed by atoms with Crippen molar-refractivity contribution in [3.05, 3.63) is 0 Å². The van der Waals surface area contributed by atoms with Crippen molar-refractivity contribution < 1.29 is 4.74 Å². The topological polar surface area (TPSA) is 35.2 Å². The molecule has 0 radical (unpaired) electrons. The van der Waals surface area contributed by atoms with E-state index in [2.05, 4.69) is 13.8 Å². The number of hydrogen-bond donors (Lipinski definition) is 1. The number of nitrogens with two attached hydrogens (primary N) is 1. The van der Waals surface area contributed by atoms with E-state index in [0.29, 0.717) is 0 Å². The predicted octanol–water partition coefficient (Wildman–Crippen LogP) is 2.42. The molecule has 2 heteroatoms. The van der Waals surface area contributed by atoms with Gasteiger partial charge in [-0.25, -0.2) is 0 Å². The van der Waals surface area contributed by atoms with E-state index in [1.807, 2.05) is 0 Å². The molecule has 0 aromatic carbocycles. The number of hydrogen-bond acceptors (Lipinski definition) is 2. The van der Waals surface area contributed by atoms with Crippen molar-refractivity contribution in [1.29, 1.82) is 0 Å². The van der Waals surface area contributed by atoms with Gasteiger partial charge in [-0.15, -0.1) is 0 Å². The average Bonchev–Trinajstić information content (AvgIpc) is 2.09. The van der Waals surface area contributed by atoms with Crippen LogP contribution in [0.5, 0.6) is 0 Å². The summed E-state index contributed by atoms with van der Waals surface area (Å²) in [5.74, 6) is 1.58. The first-order valence-corrected chi connectivity index (χ1v) is 5.39. The summed E-state index contributed by atoms with van der Waals surface area (Å²) in [6.07, 6.45) is 4.93. The molecular formula is C11H25NO. The predicted molar refractivity (Wildman–Crippen MR) is 57.7 cm³/mol. The molecule has 0 aliphatic heterocycles. The van der Waals surface area contributed by atoms with Crippen LogP contribution in [0.25, 0.3) is 0 Å². The number of ether oxygens (including phenoxy) is 1. The van der Waals surface area contributed by atoms with E-state index in [1.54, 1.807) is 7.11 Å². The van der Waals surface area contributed by atoms with Gasteiger partial charge in [0.25, 0.3) is 0 Å². The first kappa shape index (κ1) is 12.9. The largest absolute Gasteiger partial charge is 0.385 e. The molecule has 0 saturated carbocycles. The Hall–Kier alpha value is -0.0800. The zero-order chi connectivity index (χ0) is 10.1. The minimum atomic E-state index is 0.771. The van der Waals surface area contributed by atoms with Crippen LogP contribution in [0.2, 0.25) is 0 Å². The zero-order valence-corrected chi connectivity index (χ0v) is 9.38. The Labute approximate surface area is 82.8 Å². The maximum Gasteiger partial charge on any atom is 0.0464 e. The lowest BCUT2D eigenvalue weighted by Gasteiger charge is -2.16. The first-order chi connectivity index (χ1) is 6.20. The molecular weight excluding hydrogens is 162 g/mol. The van der Waals surface area contributed by atoms with Gasteiger partial charge in [0.2, 0.25) is 0 Å². The lowest BCUT2D eigenvalue weighted by Crippen LogP contribution is -2.11. The van der Waals surface area contributed by atoms with E-state index in [9.17, 15) is 0 Å². The third kappa shape index (κ3) is 8.26. The molecule has 0 aliphatic carbocycles. The van der Waals surface area contributed by atoms with Crippen LogP contribution in [-0.4, -0.2) is 20.3 Å². The highest BCUT2D eigenvalue weighted by atomic mass is 16.5. The molecule has 80 valence electrons. The molecule has 0 rings (SSSR count). The fourth-order valence-corrected chi connectivity index (χ4v) is 1.52. The van der Waals surface area contributed by atoms with Crippen LogP contribution in [0.15, 0.2) is 0 Å². The van der Waals surface area contributed by atoms with Gasteiger partial charge >= 0.3 is 0 Å². The van der Waals surface area contributed by atoms with Gasteiger partial charge < -0.3 is 10.5 Å². The standard InChI is InChI=1S/C11H25NO/c1-10(2)4-5-11(6-8-12)7-9-13-3/h10-11H,4-9,12H2,1-3H3. The Morgan fingerprint density at radius 2 is 1.77 bits per heavy atom. The van der Waals surface area contributed by atoms with E-state index in [0.717, 1.165) is 31.4 Å². The number of rotatable bonds is 8. The van der Waals surface area contributed by atoms with Gasteiger partial charge in [-0.2, -0.15) is 0 Å². The molecule has 0 aliphatic rings. The highest BCUT2D eigenvalue weighted by Gasteiger charge is 2.08. The summed E-state index contributed by atoms with van der Waals surface area (Å²) in [6.45, 7) is 6.24. The summed E-state index contributed by atoms with van der Waals surface area (Å²) in [6, 6.07) is 0. The molecule has 2 nitrogen and oxygen atoms in total. The average molecular weight is 187 g/mol. The minimum absolute atomic E-state index is 0.771.